The van der Waals surface area contributed by atoms with Crippen LogP contribution in [0.2, 0.25) is 0 Å². The number of aryl methyl sites for hydroxylation is 1. The average Bonchev–Trinajstić information content (AvgIpc) is 2.90. The highest BCUT2D eigenvalue weighted by Crippen LogP contribution is 2.23. The van der Waals surface area contributed by atoms with E-state index in [1.165, 1.54) is 0 Å². The first kappa shape index (κ1) is 16.5. The topological polar surface area (TPSA) is 77.1 Å². The van der Waals surface area contributed by atoms with Crippen molar-refractivity contribution in [3.05, 3.63) is 29.2 Å². The highest BCUT2D eigenvalue weighted by molar-refractivity contribution is 7.84. The lowest BCUT2D eigenvalue weighted by atomic mass is 10.2. The number of hydrogen-bond acceptors (Lipinski definition) is 5. The summed E-state index contributed by atoms with van der Waals surface area (Å²) in [6.07, 6.45) is 1.58. The summed E-state index contributed by atoms with van der Waals surface area (Å²) in [4.78, 5) is 11.5. The maximum atomic E-state index is 12.5. The molecule has 0 amide bonds. The fourth-order valence-corrected chi connectivity index (χ4v) is 3.08. The van der Waals surface area contributed by atoms with Gasteiger partial charge in [-0.15, -0.1) is 0 Å². The Morgan fingerprint density at radius 2 is 2.09 bits per heavy atom. The summed E-state index contributed by atoms with van der Waals surface area (Å²) in [5.41, 5.74) is 2.47. The standard InChI is InChI=1S/C15H21N3O3S/c1-9(2)21-14-7-16-15(18-14)22(19)8-12-11(4)13(20-5)6-10(3)17-12/h6-7,9H,8H2,1-5H3,(H,16,18). The molecule has 0 bridgehead atoms. The molecule has 2 aromatic rings. The van der Waals surface area contributed by atoms with E-state index in [-0.39, 0.29) is 11.9 Å². The maximum Gasteiger partial charge on any atom is 0.212 e. The van der Waals surface area contributed by atoms with E-state index < -0.39 is 10.8 Å². The van der Waals surface area contributed by atoms with Crippen LogP contribution in [-0.4, -0.2) is 32.4 Å². The van der Waals surface area contributed by atoms with Crippen LogP contribution in [0.1, 0.15) is 30.8 Å². The van der Waals surface area contributed by atoms with Gasteiger partial charge in [0.1, 0.15) is 5.75 Å². The molecule has 0 radical (unpaired) electrons. The second-order valence-corrected chi connectivity index (χ2v) is 6.61. The van der Waals surface area contributed by atoms with E-state index in [9.17, 15) is 4.21 Å². The highest BCUT2D eigenvalue weighted by atomic mass is 32.2. The molecule has 0 saturated heterocycles. The molecule has 0 aliphatic rings. The van der Waals surface area contributed by atoms with Crippen LogP contribution in [-0.2, 0) is 16.6 Å². The molecule has 0 aliphatic heterocycles. The second-order valence-electron chi connectivity index (χ2n) is 5.25. The summed E-state index contributed by atoms with van der Waals surface area (Å²) >= 11 is 0. The monoisotopic (exact) mass is 323 g/mol. The fourth-order valence-electron chi connectivity index (χ4n) is 2.03. The number of aromatic amines is 1. The molecule has 0 fully saturated rings. The van der Waals surface area contributed by atoms with Gasteiger partial charge in [0, 0.05) is 17.3 Å². The summed E-state index contributed by atoms with van der Waals surface area (Å²) in [6, 6.07) is 1.86. The van der Waals surface area contributed by atoms with E-state index in [0.717, 1.165) is 22.7 Å². The Balaban J connectivity index is 2.18. The molecular formula is C15H21N3O3S. The van der Waals surface area contributed by atoms with Crippen LogP contribution in [0.4, 0.5) is 0 Å². The minimum atomic E-state index is -1.32. The van der Waals surface area contributed by atoms with Gasteiger partial charge in [-0.25, -0.2) is 4.98 Å². The number of H-pyrrole nitrogens is 1. The minimum absolute atomic E-state index is 0.0340. The first-order valence-corrected chi connectivity index (χ1v) is 8.33. The van der Waals surface area contributed by atoms with Gasteiger partial charge >= 0.3 is 0 Å². The third-order valence-corrected chi connectivity index (χ3v) is 4.22. The van der Waals surface area contributed by atoms with E-state index in [2.05, 4.69) is 15.0 Å². The molecule has 7 heteroatoms. The SMILES string of the molecule is COc1cc(C)nc(CS(=O)c2ncc(OC(C)C)[nH]2)c1C. The zero-order valence-corrected chi connectivity index (χ0v) is 14.3. The summed E-state index contributed by atoms with van der Waals surface area (Å²) in [6.45, 7) is 7.64. The van der Waals surface area contributed by atoms with E-state index in [1.807, 2.05) is 33.8 Å². The van der Waals surface area contributed by atoms with E-state index in [0.29, 0.717) is 11.0 Å². The van der Waals surface area contributed by atoms with E-state index >= 15 is 0 Å². The smallest absolute Gasteiger partial charge is 0.212 e. The Hall–Kier alpha value is -1.89. The van der Waals surface area contributed by atoms with Crippen LogP contribution in [0.3, 0.4) is 0 Å². The van der Waals surface area contributed by atoms with E-state index in [4.69, 9.17) is 9.47 Å². The molecule has 0 aliphatic carbocycles. The van der Waals surface area contributed by atoms with Crippen molar-refractivity contribution in [1.29, 1.82) is 0 Å². The van der Waals surface area contributed by atoms with Crippen molar-refractivity contribution in [3.63, 3.8) is 0 Å². The van der Waals surface area contributed by atoms with Crippen molar-refractivity contribution < 1.29 is 13.7 Å². The van der Waals surface area contributed by atoms with Crippen molar-refractivity contribution in [2.45, 2.75) is 44.7 Å². The average molecular weight is 323 g/mol. The second kappa shape index (κ2) is 6.91. The van der Waals surface area contributed by atoms with Gasteiger partial charge < -0.3 is 14.5 Å². The van der Waals surface area contributed by atoms with Gasteiger partial charge in [-0.1, -0.05) is 0 Å². The Morgan fingerprint density at radius 3 is 2.73 bits per heavy atom. The van der Waals surface area contributed by atoms with Crippen molar-refractivity contribution in [2.24, 2.45) is 0 Å². The lowest BCUT2D eigenvalue weighted by molar-refractivity contribution is 0.233. The van der Waals surface area contributed by atoms with Gasteiger partial charge in [0.05, 0.1) is 41.7 Å². The van der Waals surface area contributed by atoms with Crippen molar-refractivity contribution >= 4 is 10.8 Å². The molecular weight excluding hydrogens is 302 g/mol. The van der Waals surface area contributed by atoms with Crippen LogP contribution in [0, 0.1) is 13.8 Å². The lowest BCUT2D eigenvalue weighted by Gasteiger charge is -2.10. The molecule has 22 heavy (non-hydrogen) atoms. The van der Waals surface area contributed by atoms with Gasteiger partial charge in [0.2, 0.25) is 5.88 Å². The number of nitrogens with zero attached hydrogens (tertiary/aromatic N) is 2. The Bertz CT molecular complexity index is 683. The Labute approximate surface area is 132 Å². The highest BCUT2D eigenvalue weighted by Gasteiger charge is 2.15. The first-order chi connectivity index (χ1) is 10.4. The third kappa shape index (κ3) is 3.85. The number of methoxy groups -OCH3 is 1. The van der Waals surface area contributed by atoms with Gasteiger partial charge in [0.15, 0.2) is 5.16 Å². The predicted octanol–water partition coefficient (Wildman–Crippen LogP) is 2.53. The molecule has 1 atom stereocenters. The molecule has 2 aromatic heterocycles. The predicted molar refractivity (Wildman–Crippen MR) is 84.7 cm³/mol. The van der Waals surface area contributed by atoms with Crippen molar-refractivity contribution in [1.82, 2.24) is 15.0 Å². The number of pyridine rings is 1. The van der Waals surface area contributed by atoms with Crippen LogP contribution in [0.15, 0.2) is 17.4 Å². The molecule has 2 rings (SSSR count). The summed E-state index contributed by atoms with van der Waals surface area (Å²) in [7, 11) is 0.294. The van der Waals surface area contributed by atoms with Gasteiger partial charge in [0.25, 0.3) is 0 Å². The molecule has 0 saturated carbocycles. The van der Waals surface area contributed by atoms with Gasteiger partial charge in [-0.3, -0.25) is 9.19 Å². The largest absolute Gasteiger partial charge is 0.496 e. The Kier molecular flexibility index (Phi) is 5.18. The van der Waals surface area contributed by atoms with Crippen LogP contribution < -0.4 is 9.47 Å². The van der Waals surface area contributed by atoms with Gasteiger partial charge in [-0.2, -0.15) is 0 Å². The minimum Gasteiger partial charge on any atom is -0.496 e. The van der Waals surface area contributed by atoms with Gasteiger partial charge in [-0.05, 0) is 27.7 Å². The molecule has 0 spiro atoms. The third-order valence-electron chi connectivity index (χ3n) is 3.05. The number of nitrogens with one attached hydrogen (secondary N) is 1. The Morgan fingerprint density at radius 1 is 1.36 bits per heavy atom. The van der Waals surface area contributed by atoms with Crippen LogP contribution in [0.5, 0.6) is 11.6 Å². The van der Waals surface area contributed by atoms with Crippen LogP contribution in [0.25, 0.3) is 0 Å². The molecule has 1 unspecified atom stereocenters. The van der Waals surface area contributed by atoms with Crippen molar-refractivity contribution in [2.75, 3.05) is 7.11 Å². The molecule has 0 aromatic carbocycles. The number of aromatic nitrogens is 3. The van der Waals surface area contributed by atoms with E-state index in [1.54, 1.807) is 13.3 Å². The number of ether oxygens (including phenoxy) is 2. The summed E-state index contributed by atoms with van der Waals surface area (Å²) < 4.78 is 23.3. The first-order valence-electron chi connectivity index (χ1n) is 7.01. The normalized spacial score (nSPS) is 12.5. The number of rotatable bonds is 6. The number of hydrogen-bond donors (Lipinski definition) is 1. The zero-order valence-electron chi connectivity index (χ0n) is 13.5. The fraction of sp³-hybridized carbons (Fsp3) is 0.467. The molecule has 1 N–H and O–H groups in total. The molecule has 6 nitrogen and oxygen atoms in total. The maximum absolute atomic E-state index is 12.5. The van der Waals surface area contributed by atoms with Crippen molar-refractivity contribution in [3.8, 4) is 11.6 Å². The summed E-state index contributed by atoms with van der Waals surface area (Å²) in [5, 5.41) is 0.386. The molecule has 120 valence electrons. The van der Waals surface area contributed by atoms with Crippen LogP contribution >= 0.6 is 0 Å². The number of imidazole rings is 1. The lowest BCUT2D eigenvalue weighted by Crippen LogP contribution is -2.07. The molecule has 2 heterocycles. The zero-order chi connectivity index (χ0) is 16.3. The summed E-state index contributed by atoms with van der Waals surface area (Å²) in [5.74, 6) is 1.55. The quantitative estimate of drug-likeness (QED) is 0.884.